The summed E-state index contributed by atoms with van der Waals surface area (Å²) in [6.45, 7) is 8.92. The molecule has 0 aliphatic carbocycles. The van der Waals surface area contributed by atoms with Gasteiger partial charge in [-0.25, -0.2) is 0 Å². The minimum Gasteiger partial charge on any atom is -0.481 e. The minimum absolute atomic E-state index is 0.209. The number of hydrogen-bond donors (Lipinski definition) is 1. The topological polar surface area (TPSA) is 49.8 Å². The summed E-state index contributed by atoms with van der Waals surface area (Å²) < 4.78 is 5.41. The fourth-order valence-corrected chi connectivity index (χ4v) is 3.61. The van der Waals surface area contributed by atoms with Gasteiger partial charge in [-0.3, -0.25) is 4.79 Å². The van der Waals surface area contributed by atoms with Crippen LogP contribution in [0.1, 0.15) is 36.5 Å². The number of carboxylic acid groups (broad SMARTS) is 1. The van der Waals surface area contributed by atoms with Crippen molar-refractivity contribution in [2.75, 3.05) is 31.2 Å². The predicted molar refractivity (Wildman–Crippen MR) is 104 cm³/mol. The van der Waals surface area contributed by atoms with E-state index in [9.17, 15) is 9.90 Å². The smallest absolute Gasteiger partial charge is 0.310 e. The van der Waals surface area contributed by atoms with Crippen LogP contribution in [0.3, 0.4) is 0 Å². The molecule has 2 aromatic rings. The molecule has 1 N–H and O–H groups in total. The predicted octanol–water partition coefficient (Wildman–Crippen LogP) is 4.07. The van der Waals surface area contributed by atoms with E-state index >= 15 is 0 Å². The van der Waals surface area contributed by atoms with Gasteiger partial charge in [0.25, 0.3) is 0 Å². The van der Waals surface area contributed by atoms with Crippen molar-refractivity contribution >= 4 is 11.7 Å². The summed E-state index contributed by atoms with van der Waals surface area (Å²) >= 11 is 0. The average Bonchev–Trinajstić information content (AvgIpc) is 2.64. The molecule has 0 saturated carbocycles. The summed E-state index contributed by atoms with van der Waals surface area (Å²) in [6.07, 6.45) is 0. The molecule has 0 aromatic heterocycles. The van der Waals surface area contributed by atoms with E-state index in [1.54, 1.807) is 13.8 Å². The van der Waals surface area contributed by atoms with Gasteiger partial charge in [0.2, 0.25) is 0 Å². The van der Waals surface area contributed by atoms with Gasteiger partial charge in [-0.15, -0.1) is 0 Å². The third-order valence-corrected chi connectivity index (χ3v) is 5.29. The summed E-state index contributed by atoms with van der Waals surface area (Å²) in [6, 6.07) is 16.5. The first-order valence-electron chi connectivity index (χ1n) is 9.12. The van der Waals surface area contributed by atoms with E-state index in [0.717, 1.165) is 43.1 Å². The van der Waals surface area contributed by atoms with Crippen LogP contribution in [0.4, 0.5) is 5.69 Å². The number of carboxylic acids is 1. The Bertz CT molecular complexity index is 744. The largest absolute Gasteiger partial charge is 0.481 e. The molecule has 3 rings (SSSR count). The lowest BCUT2D eigenvalue weighted by molar-refractivity contribution is -0.147. The van der Waals surface area contributed by atoms with Gasteiger partial charge in [-0.2, -0.15) is 0 Å². The van der Waals surface area contributed by atoms with Crippen LogP contribution in [0.25, 0.3) is 0 Å². The third kappa shape index (κ3) is 3.75. The van der Waals surface area contributed by atoms with Gasteiger partial charge in [0.1, 0.15) is 0 Å². The van der Waals surface area contributed by atoms with Crippen LogP contribution in [0.2, 0.25) is 0 Å². The van der Waals surface area contributed by atoms with Crippen molar-refractivity contribution in [3.8, 4) is 0 Å². The number of anilines is 1. The number of rotatable bonds is 5. The van der Waals surface area contributed by atoms with Gasteiger partial charge in [-0.1, -0.05) is 42.0 Å². The molecule has 1 fully saturated rings. The summed E-state index contributed by atoms with van der Waals surface area (Å²) in [5, 5.41) is 9.83. The maximum absolute atomic E-state index is 12.0. The molecule has 1 aliphatic rings. The normalized spacial score (nSPS) is 16.3. The van der Waals surface area contributed by atoms with E-state index in [1.807, 2.05) is 31.2 Å². The Balaban J connectivity index is 1.96. The highest BCUT2D eigenvalue weighted by Gasteiger charge is 2.38. The molecule has 1 unspecified atom stereocenters. The molecule has 138 valence electrons. The molecule has 1 aliphatic heterocycles. The monoisotopic (exact) mass is 353 g/mol. The summed E-state index contributed by atoms with van der Waals surface area (Å²) in [5.41, 5.74) is 3.48. The van der Waals surface area contributed by atoms with Gasteiger partial charge in [0.15, 0.2) is 0 Å². The van der Waals surface area contributed by atoms with Crippen LogP contribution in [0, 0.1) is 12.3 Å². The SMILES string of the molecule is Cc1ccc(C(c2ccc(N3CCOCC3)cc2)C(C)(C)C(=O)O)cc1. The number of benzene rings is 2. The van der Waals surface area contributed by atoms with Gasteiger partial charge >= 0.3 is 5.97 Å². The van der Waals surface area contributed by atoms with Crippen LogP contribution in [-0.2, 0) is 9.53 Å². The van der Waals surface area contributed by atoms with Crippen molar-refractivity contribution in [2.45, 2.75) is 26.7 Å². The lowest BCUT2D eigenvalue weighted by atomic mass is 9.71. The lowest BCUT2D eigenvalue weighted by Gasteiger charge is -2.33. The fourth-order valence-electron chi connectivity index (χ4n) is 3.61. The Labute approximate surface area is 155 Å². The summed E-state index contributed by atoms with van der Waals surface area (Å²) in [4.78, 5) is 14.3. The standard InChI is InChI=1S/C22H27NO3/c1-16-4-6-17(7-5-16)20(22(2,3)21(24)25)18-8-10-19(11-9-18)23-12-14-26-15-13-23/h4-11,20H,12-15H2,1-3H3,(H,24,25). The number of aliphatic carboxylic acids is 1. The number of hydrogen-bond acceptors (Lipinski definition) is 3. The van der Waals surface area contributed by atoms with Crippen molar-refractivity contribution < 1.29 is 14.6 Å². The molecule has 0 spiro atoms. The lowest BCUT2D eigenvalue weighted by Crippen LogP contribution is -2.36. The Morgan fingerprint density at radius 2 is 1.50 bits per heavy atom. The van der Waals surface area contributed by atoms with Crippen molar-refractivity contribution in [2.24, 2.45) is 5.41 Å². The molecule has 2 aromatic carbocycles. The second-order valence-electron chi connectivity index (χ2n) is 7.56. The maximum Gasteiger partial charge on any atom is 0.310 e. The minimum atomic E-state index is -0.907. The highest BCUT2D eigenvalue weighted by Crippen LogP contribution is 2.41. The van der Waals surface area contributed by atoms with Crippen molar-refractivity contribution in [1.82, 2.24) is 0 Å². The molecule has 0 bridgehead atoms. The summed E-state index contributed by atoms with van der Waals surface area (Å²) in [5.74, 6) is -1.00. The Morgan fingerprint density at radius 3 is 2.00 bits per heavy atom. The zero-order chi connectivity index (χ0) is 18.7. The fraction of sp³-hybridized carbons (Fsp3) is 0.409. The molecule has 4 nitrogen and oxygen atoms in total. The van der Waals surface area contributed by atoms with Gasteiger partial charge in [-0.05, 0) is 44.0 Å². The van der Waals surface area contributed by atoms with E-state index < -0.39 is 11.4 Å². The molecule has 0 radical (unpaired) electrons. The highest BCUT2D eigenvalue weighted by molar-refractivity contribution is 5.76. The van der Waals surface area contributed by atoms with Crippen LogP contribution in [-0.4, -0.2) is 37.4 Å². The second kappa shape index (κ2) is 7.50. The average molecular weight is 353 g/mol. The Hall–Kier alpha value is -2.33. The second-order valence-corrected chi connectivity index (χ2v) is 7.56. The van der Waals surface area contributed by atoms with Gasteiger partial charge in [0.05, 0.1) is 18.6 Å². The van der Waals surface area contributed by atoms with E-state index in [-0.39, 0.29) is 5.92 Å². The quantitative estimate of drug-likeness (QED) is 0.880. The molecule has 1 saturated heterocycles. The van der Waals surface area contributed by atoms with E-state index in [0.29, 0.717) is 0 Å². The van der Waals surface area contributed by atoms with E-state index in [4.69, 9.17) is 4.74 Å². The molecular weight excluding hydrogens is 326 g/mol. The third-order valence-electron chi connectivity index (χ3n) is 5.29. The number of morpholine rings is 1. The first kappa shape index (κ1) is 18.5. The zero-order valence-corrected chi connectivity index (χ0v) is 15.7. The number of ether oxygens (including phenoxy) is 1. The molecule has 26 heavy (non-hydrogen) atoms. The molecule has 4 heteroatoms. The van der Waals surface area contributed by atoms with Crippen molar-refractivity contribution in [1.29, 1.82) is 0 Å². The summed E-state index contributed by atoms with van der Waals surface area (Å²) in [7, 11) is 0. The number of carbonyl (C=O) groups is 1. The Kier molecular flexibility index (Phi) is 5.33. The van der Waals surface area contributed by atoms with Gasteiger partial charge < -0.3 is 14.7 Å². The zero-order valence-electron chi connectivity index (χ0n) is 15.7. The maximum atomic E-state index is 12.0. The van der Waals surface area contributed by atoms with Crippen molar-refractivity contribution in [3.63, 3.8) is 0 Å². The molecule has 1 heterocycles. The van der Waals surface area contributed by atoms with Crippen LogP contribution >= 0.6 is 0 Å². The molecule has 1 atom stereocenters. The van der Waals surface area contributed by atoms with Crippen LogP contribution in [0.5, 0.6) is 0 Å². The molecular formula is C22H27NO3. The van der Waals surface area contributed by atoms with Crippen LogP contribution in [0.15, 0.2) is 48.5 Å². The van der Waals surface area contributed by atoms with Crippen LogP contribution < -0.4 is 4.90 Å². The number of aryl methyl sites for hydroxylation is 1. The first-order chi connectivity index (χ1) is 12.4. The van der Waals surface area contributed by atoms with Gasteiger partial charge in [0, 0.05) is 24.7 Å². The molecule has 0 amide bonds. The van der Waals surface area contributed by atoms with E-state index in [1.165, 1.54) is 5.56 Å². The number of nitrogens with zero attached hydrogens (tertiary/aromatic N) is 1. The van der Waals surface area contributed by atoms with E-state index in [2.05, 4.69) is 29.2 Å². The highest BCUT2D eigenvalue weighted by atomic mass is 16.5. The Morgan fingerprint density at radius 1 is 1.00 bits per heavy atom. The first-order valence-corrected chi connectivity index (χ1v) is 9.12. The van der Waals surface area contributed by atoms with Crippen molar-refractivity contribution in [3.05, 3.63) is 65.2 Å².